The first kappa shape index (κ1) is 14.6. The predicted molar refractivity (Wildman–Crippen MR) is 52.8 cm³/mol. The van der Waals surface area contributed by atoms with Gasteiger partial charge in [0.1, 0.15) is 4.21 Å². The van der Waals surface area contributed by atoms with Gasteiger partial charge < -0.3 is 0 Å². The van der Waals surface area contributed by atoms with E-state index in [0.717, 1.165) is 16.2 Å². The molecule has 0 spiro atoms. The number of hydrogen-bond acceptors (Lipinski definition) is 3. The Kier molecular flexibility index (Phi) is 4.84. The Morgan fingerprint density at radius 1 is 1.29 bits per heavy atom. The van der Waals surface area contributed by atoms with Crippen molar-refractivity contribution in [1.29, 1.82) is 0 Å². The fourth-order valence-corrected chi connectivity index (χ4v) is 2.59. The second kappa shape index (κ2) is 4.63. The first-order chi connectivity index (χ1) is 5.71. The quantitative estimate of drug-likeness (QED) is 0.524. The molecule has 0 unspecified atom stereocenters. The molecule has 0 atom stereocenters. The van der Waals surface area contributed by atoms with E-state index in [-0.39, 0.29) is 39.2 Å². The van der Waals surface area contributed by atoms with Crippen LogP contribution in [0, 0.1) is 0 Å². The second-order valence-electron chi connectivity index (χ2n) is 3.84. The minimum absolute atomic E-state index is 0. The monoisotopic (exact) mass is 243 g/mol. The van der Waals surface area contributed by atoms with E-state index < -0.39 is 10.1 Å². The van der Waals surface area contributed by atoms with E-state index in [1.807, 2.05) is 20.8 Å². The molecule has 0 saturated heterocycles. The van der Waals surface area contributed by atoms with Crippen LogP contribution in [0.3, 0.4) is 0 Å². The molecule has 1 rings (SSSR count). The van der Waals surface area contributed by atoms with E-state index in [1.54, 1.807) is 6.07 Å². The van der Waals surface area contributed by atoms with Crippen molar-refractivity contribution in [3.8, 4) is 0 Å². The fourth-order valence-electron chi connectivity index (χ4n) is 0.862. The summed E-state index contributed by atoms with van der Waals surface area (Å²) in [7, 11) is -4.02. The van der Waals surface area contributed by atoms with Crippen molar-refractivity contribution in [3.63, 3.8) is 0 Å². The summed E-state index contributed by atoms with van der Waals surface area (Å²) in [5.74, 6) is 0. The number of thiophene rings is 1. The first-order valence-electron chi connectivity index (χ1n) is 3.79. The summed E-state index contributed by atoms with van der Waals surface area (Å²) in [6.45, 7) is 5.98. The van der Waals surface area contributed by atoms with Gasteiger partial charge in [-0.2, -0.15) is 8.42 Å². The zero-order valence-electron chi connectivity index (χ0n) is 8.73. The molecule has 3 nitrogen and oxygen atoms in total. The molecule has 0 aliphatic carbocycles. The third kappa shape index (κ3) is 3.64. The van der Waals surface area contributed by atoms with Crippen molar-refractivity contribution in [2.45, 2.75) is 30.4 Å². The van der Waals surface area contributed by atoms with Crippen LogP contribution >= 0.6 is 11.3 Å². The molecule has 0 aliphatic rings. The Balaban J connectivity index is 0.00000169. The molecule has 6 heteroatoms. The van der Waals surface area contributed by atoms with Gasteiger partial charge in [0.15, 0.2) is 0 Å². The summed E-state index contributed by atoms with van der Waals surface area (Å²) in [5.41, 5.74) is -0.0758. The molecule has 0 saturated carbocycles. The Labute approximate surface area is 111 Å². The topological polar surface area (TPSA) is 54.4 Å². The summed E-state index contributed by atoms with van der Waals surface area (Å²) < 4.78 is 30.2. The van der Waals surface area contributed by atoms with Crippen LogP contribution in [-0.2, 0) is 15.5 Å². The van der Waals surface area contributed by atoms with Crippen LogP contribution in [0.15, 0.2) is 16.3 Å². The van der Waals surface area contributed by atoms with Gasteiger partial charge in [-0.15, -0.1) is 11.3 Å². The van der Waals surface area contributed by atoms with Gasteiger partial charge >= 0.3 is 39.7 Å². The largest absolute Gasteiger partial charge is 1.00 e. The van der Waals surface area contributed by atoms with Crippen LogP contribution in [-0.4, -0.2) is 13.0 Å². The molecule has 0 radical (unpaired) electrons. The second-order valence-corrected chi connectivity index (χ2v) is 6.58. The average molecular weight is 243 g/mol. The van der Waals surface area contributed by atoms with Gasteiger partial charge in [0.05, 0.1) is 0 Å². The van der Waals surface area contributed by atoms with Gasteiger partial charge in [0, 0.05) is 4.88 Å². The van der Waals surface area contributed by atoms with Crippen molar-refractivity contribution < 1.29 is 42.5 Å². The molecule has 0 fully saturated rings. The molecule has 14 heavy (non-hydrogen) atoms. The van der Waals surface area contributed by atoms with Crippen molar-refractivity contribution >= 4 is 21.5 Å². The van der Waals surface area contributed by atoms with E-state index in [9.17, 15) is 8.42 Å². The summed E-state index contributed by atoms with van der Waals surface area (Å²) in [6, 6.07) is 3.16. The van der Waals surface area contributed by atoms with Crippen LogP contribution in [0.25, 0.3) is 0 Å². The summed E-state index contributed by atoms with van der Waals surface area (Å²) in [4.78, 5) is 0.945. The molecular weight excluding hydrogens is 231 g/mol. The molecule has 1 N–H and O–H groups in total. The van der Waals surface area contributed by atoms with Crippen LogP contribution in [0.2, 0.25) is 0 Å². The third-order valence-corrected chi connectivity index (χ3v) is 4.41. The molecule has 0 aliphatic heterocycles. The van der Waals surface area contributed by atoms with Crippen molar-refractivity contribution in [3.05, 3.63) is 17.0 Å². The van der Waals surface area contributed by atoms with E-state index in [1.165, 1.54) is 6.07 Å². The molecule has 0 amide bonds. The maximum atomic E-state index is 10.7. The minimum atomic E-state index is -4.02. The smallest absolute Gasteiger partial charge is 0.281 e. The number of rotatable bonds is 1. The average Bonchev–Trinajstić information content (AvgIpc) is 2.28. The maximum Gasteiger partial charge on any atom is 1.00 e. The summed E-state index contributed by atoms with van der Waals surface area (Å²) >= 11 is 1.11. The van der Waals surface area contributed by atoms with E-state index in [2.05, 4.69) is 0 Å². The maximum absolute atomic E-state index is 10.7. The van der Waals surface area contributed by atoms with E-state index in [0.29, 0.717) is 0 Å². The van der Waals surface area contributed by atoms with Crippen LogP contribution in [0.4, 0.5) is 0 Å². The standard InChI is InChI=1S/C8H12O3S2.Na/c1-8(2,3)6-4-5-7(12-6)13(9,10)11;/h4-5H,1-3H3,(H,9,10,11);/q;+1. The fraction of sp³-hybridized carbons (Fsp3) is 0.500. The van der Waals surface area contributed by atoms with Crippen molar-refractivity contribution in [2.24, 2.45) is 0 Å². The first-order valence-corrected chi connectivity index (χ1v) is 6.05. The van der Waals surface area contributed by atoms with Gasteiger partial charge in [-0.1, -0.05) is 20.8 Å². The van der Waals surface area contributed by atoms with Crippen molar-refractivity contribution in [2.75, 3.05) is 0 Å². The molecule has 1 aromatic rings. The van der Waals surface area contributed by atoms with Crippen LogP contribution in [0.1, 0.15) is 25.6 Å². The van der Waals surface area contributed by atoms with Gasteiger partial charge in [0.2, 0.25) is 0 Å². The number of hydrogen-bond donors (Lipinski definition) is 1. The molecule has 0 bridgehead atoms. The predicted octanol–water partition coefficient (Wildman–Crippen LogP) is -0.704. The summed E-state index contributed by atoms with van der Waals surface area (Å²) in [6.07, 6.45) is 0. The zero-order valence-corrected chi connectivity index (χ0v) is 12.4. The summed E-state index contributed by atoms with van der Waals surface area (Å²) in [5, 5.41) is 0. The molecule has 1 heterocycles. The Morgan fingerprint density at radius 2 is 1.79 bits per heavy atom. The molecule has 0 aromatic carbocycles. The molecular formula is C8H12NaO3S2+. The SMILES string of the molecule is CC(C)(C)c1ccc(S(=O)(=O)O)s1.[Na+]. The minimum Gasteiger partial charge on any atom is -0.281 e. The van der Waals surface area contributed by atoms with Gasteiger partial charge in [-0.25, -0.2) is 0 Å². The molecule has 74 valence electrons. The van der Waals surface area contributed by atoms with Crippen molar-refractivity contribution in [1.82, 2.24) is 0 Å². The van der Waals surface area contributed by atoms with Gasteiger partial charge in [0.25, 0.3) is 0 Å². The Morgan fingerprint density at radius 3 is 2.00 bits per heavy atom. The molecule has 1 aromatic heterocycles. The van der Waals surface area contributed by atoms with Crippen LogP contribution in [0.5, 0.6) is 0 Å². The van der Waals surface area contributed by atoms with Gasteiger partial charge in [-0.3, -0.25) is 4.55 Å². The Hall–Kier alpha value is 0.610. The normalized spacial score (nSPS) is 12.3. The van der Waals surface area contributed by atoms with Gasteiger partial charge in [-0.05, 0) is 17.5 Å². The van der Waals surface area contributed by atoms with E-state index in [4.69, 9.17) is 4.55 Å². The zero-order chi connectivity index (χ0) is 10.3. The van der Waals surface area contributed by atoms with E-state index >= 15 is 0 Å². The van der Waals surface area contributed by atoms with Crippen LogP contribution < -0.4 is 29.6 Å². The third-order valence-electron chi connectivity index (χ3n) is 1.57. The Bertz CT molecular complexity index is 400.